The van der Waals surface area contributed by atoms with E-state index in [1.165, 1.54) is 18.4 Å². The summed E-state index contributed by atoms with van der Waals surface area (Å²) >= 11 is 0. The highest BCUT2D eigenvalue weighted by Gasteiger charge is 2.41. The molecule has 3 aliphatic rings. The first-order chi connectivity index (χ1) is 19.4. The van der Waals surface area contributed by atoms with Gasteiger partial charge in [-0.25, -0.2) is 13.1 Å². The molecule has 1 saturated heterocycles. The maximum atomic E-state index is 13.3. The van der Waals surface area contributed by atoms with Crippen LogP contribution in [0.1, 0.15) is 44.1 Å². The molecule has 2 N–H and O–H groups in total. The maximum Gasteiger partial charge on any atom is 0.240 e. The van der Waals surface area contributed by atoms with Crippen molar-refractivity contribution in [2.24, 2.45) is 11.8 Å². The molecule has 9 heteroatoms. The number of methoxy groups -OCH3 is 1. The largest absolute Gasteiger partial charge is 0.384 e. The normalized spacial score (nSPS) is 23.9. The number of aromatic nitrogens is 1. The van der Waals surface area contributed by atoms with Crippen LogP contribution in [-0.4, -0.2) is 69.8 Å². The van der Waals surface area contributed by atoms with Crippen LogP contribution >= 0.6 is 0 Å². The Bertz CT molecular complexity index is 1440. The van der Waals surface area contributed by atoms with Crippen LogP contribution in [0.4, 0.5) is 0 Å². The average Bonchev–Trinajstić information content (AvgIpc) is 3.74. The number of rotatable bonds is 9. The van der Waals surface area contributed by atoms with Crippen LogP contribution in [0.15, 0.2) is 53.4 Å². The van der Waals surface area contributed by atoms with Gasteiger partial charge in [0.1, 0.15) is 0 Å². The Hall–Kier alpha value is -2.72. The van der Waals surface area contributed by atoms with Crippen LogP contribution < -0.4 is 4.72 Å². The lowest BCUT2D eigenvalue weighted by Gasteiger charge is -2.39. The summed E-state index contributed by atoms with van der Waals surface area (Å²) < 4.78 is 40.3. The van der Waals surface area contributed by atoms with Crippen molar-refractivity contribution in [1.82, 2.24) is 14.6 Å². The minimum Gasteiger partial charge on any atom is -0.384 e. The van der Waals surface area contributed by atoms with Crippen LogP contribution in [0.2, 0.25) is 0 Å². The number of hydrogen-bond acceptors (Lipinski definition) is 5. The summed E-state index contributed by atoms with van der Waals surface area (Å²) in [4.78, 5) is 19.0. The van der Waals surface area contributed by atoms with Crippen molar-refractivity contribution in [2.75, 3.05) is 33.5 Å². The summed E-state index contributed by atoms with van der Waals surface area (Å²) in [5.41, 5.74) is 3.99. The summed E-state index contributed by atoms with van der Waals surface area (Å²) in [6.45, 7) is 2.62. The molecular weight excluding hydrogens is 526 g/mol. The Labute approximate surface area is 236 Å². The lowest BCUT2D eigenvalue weighted by Crippen LogP contribution is -2.52. The van der Waals surface area contributed by atoms with Gasteiger partial charge in [0.2, 0.25) is 15.9 Å². The molecule has 0 radical (unpaired) electrons. The third kappa shape index (κ3) is 5.98. The van der Waals surface area contributed by atoms with E-state index in [0.717, 1.165) is 28.6 Å². The lowest BCUT2D eigenvalue weighted by atomic mass is 9.85. The van der Waals surface area contributed by atoms with E-state index in [-0.39, 0.29) is 28.8 Å². The number of fused-ring (bicyclic) bond motifs is 1. The summed E-state index contributed by atoms with van der Waals surface area (Å²) in [6.07, 6.45) is 6.00. The van der Waals surface area contributed by atoms with Crippen molar-refractivity contribution in [2.45, 2.75) is 61.9 Å². The second-order valence-electron chi connectivity index (χ2n) is 11.6. The van der Waals surface area contributed by atoms with Crippen molar-refractivity contribution in [3.63, 3.8) is 0 Å². The highest BCUT2D eigenvalue weighted by Crippen LogP contribution is 2.38. The summed E-state index contributed by atoms with van der Waals surface area (Å²) in [7, 11) is -1.98. The van der Waals surface area contributed by atoms with Gasteiger partial charge in [0.15, 0.2) is 0 Å². The van der Waals surface area contributed by atoms with Crippen LogP contribution in [0.25, 0.3) is 22.2 Å². The SMILES string of the molecule is COCCc1ccc(-c2cc3ccc(S(=O)(=O)N[C@H]4CC[C@H](C(=O)N5CCOC[C@@H]5C5CC5)CC4)cc3[nH]2)cc1. The van der Waals surface area contributed by atoms with Crippen LogP contribution in [0.3, 0.4) is 0 Å². The van der Waals surface area contributed by atoms with E-state index in [4.69, 9.17) is 9.47 Å². The van der Waals surface area contributed by atoms with E-state index in [9.17, 15) is 13.2 Å². The number of ether oxygens (including phenoxy) is 2. The molecule has 2 aliphatic carbocycles. The average molecular weight is 566 g/mol. The fourth-order valence-electron chi connectivity index (χ4n) is 6.25. The van der Waals surface area contributed by atoms with Crippen molar-refractivity contribution in [3.05, 3.63) is 54.1 Å². The first-order valence-corrected chi connectivity index (χ1v) is 16.0. The second kappa shape index (κ2) is 11.6. The minimum atomic E-state index is -3.68. The Morgan fingerprint density at radius 1 is 1.05 bits per heavy atom. The van der Waals surface area contributed by atoms with Crippen molar-refractivity contribution in [1.29, 1.82) is 0 Å². The maximum absolute atomic E-state index is 13.3. The van der Waals surface area contributed by atoms with Gasteiger partial charge < -0.3 is 19.4 Å². The molecule has 214 valence electrons. The van der Waals surface area contributed by atoms with E-state index in [1.807, 2.05) is 12.1 Å². The molecule has 8 nitrogen and oxygen atoms in total. The zero-order chi connectivity index (χ0) is 27.7. The van der Waals surface area contributed by atoms with E-state index in [2.05, 4.69) is 38.9 Å². The molecule has 1 aliphatic heterocycles. The zero-order valence-electron chi connectivity index (χ0n) is 23.1. The van der Waals surface area contributed by atoms with Gasteiger partial charge in [-0.05, 0) is 80.2 Å². The van der Waals surface area contributed by atoms with Gasteiger partial charge in [0.25, 0.3) is 0 Å². The monoisotopic (exact) mass is 565 g/mol. The molecule has 3 fully saturated rings. The van der Waals surface area contributed by atoms with Crippen molar-refractivity contribution >= 4 is 26.8 Å². The third-order valence-corrected chi connectivity index (χ3v) is 10.3. The fourth-order valence-corrected chi connectivity index (χ4v) is 7.58. The number of hydrogen-bond donors (Lipinski definition) is 2. The standard InChI is InChI=1S/C31H39N3O5S/c1-38-16-14-21-2-4-22(5-3-21)28-18-25-10-13-27(19-29(25)32-28)40(36,37)33-26-11-8-24(9-12-26)31(35)34-15-17-39-20-30(34)23-6-7-23/h2-5,10,13,18-19,23-24,26,30,32-33H,6-9,11-12,14-17,20H2,1H3/t24-,26-,30-/m1/s1. The highest BCUT2D eigenvalue weighted by atomic mass is 32.2. The predicted molar refractivity (Wildman–Crippen MR) is 154 cm³/mol. The molecule has 1 amide bonds. The van der Waals surface area contributed by atoms with Gasteiger partial charge in [0, 0.05) is 42.2 Å². The number of carbonyl (C=O) groups is 1. The van der Waals surface area contributed by atoms with Crippen LogP contribution in [0, 0.1) is 11.8 Å². The summed E-state index contributed by atoms with van der Waals surface area (Å²) in [5.74, 6) is 0.800. The van der Waals surface area contributed by atoms with Crippen molar-refractivity contribution < 1.29 is 22.7 Å². The van der Waals surface area contributed by atoms with Gasteiger partial charge in [0.05, 0.1) is 30.8 Å². The Morgan fingerprint density at radius 3 is 2.55 bits per heavy atom. The molecule has 1 atom stereocenters. The first kappa shape index (κ1) is 27.4. The smallest absolute Gasteiger partial charge is 0.240 e. The van der Waals surface area contributed by atoms with E-state index in [1.54, 1.807) is 19.2 Å². The first-order valence-electron chi connectivity index (χ1n) is 14.5. The van der Waals surface area contributed by atoms with Crippen LogP contribution in [-0.2, 0) is 30.7 Å². The molecular formula is C31H39N3O5S. The quantitative estimate of drug-likeness (QED) is 0.398. The number of benzene rings is 2. The molecule has 0 spiro atoms. The predicted octanol–water partition coefficient (Wildman–Crippen LogP) is 4.50. The fraction of sp³-hybridized carbons (Fsp3) is 0.516. The number of nitrogens with one attached hydrogen (secondary N) is 2. The summed E-state index contributed by atoms with van der Waals surface area (Å²) in [5, 5.41) is 0.962. The molecule has 6 rings (SSSR count). The van der Waals surface area contributed by atoms with E-state index < -0.39 is 10.0 Å². The molecule has 2 saturated carbocycles. The van der Waals surface area contributed by atoms with Gasteiger partial charge in [-0.2, -0.15) is 0 Å². The number of sulfonamides is 1. The summed E-state index contributed by atoms with van der Waals surface area (Å²) in [6, 6.07) is 15.7. The molecule has 1 aromatic heterocycles. The van der Waals surface area contributed by atoms with Gasteiger partial charge in [-0.1, -0.05) is 30.3 Å². The molecule has 2 aromatic carbocycles. The number of nitrogens with zero attached hydrogens (tertiary/aromatic N) is 1. The highest BCUT2D eigenvalue weighted by molar-refractivity contribution is 7.89. The van der Waals surface area contributed by atoms with Crippen LogP contribution in [0.5, 0.6) is 0 Å². The van der Waals surface area contributed by atoms with E-state index in [0.29, 0.717) is 58.0 Å². The number of aromatic amines is 1. The molecule has 0 unspecified atom stereocenters. The van der Waals surface area contributed by atoms with E-state index >= 15 is 0 Å². The minimum absolute atomic E-state index is 0.0252. The van der Waals surface area contributed by atoms with Gasteiger partial charge in [-0.3, -0.25) is 4.79 Å². The van der Waals surface area contributed by atoms with Crippen molar-refractivity contribution in [3.8, 4) is 11.3 Å². The van der Waals surface area contributed by atoms with Gasteiger partial charge in [-0.15, -0.1) is 0 Å². The topological polar surface area (TPSA) is 101 Å². The Kier molecular flexibility index (Phi) is 7.99. The molecule has 40 heavy (non-hydrogen) atoms. The molecule has 3 aromatic rings. The molecule has 0 bridgehead atoms. The number of amides is 1. The Balaban J connectivity index is 1.08. The molecule has 2 heterocycles. The second-order valence-corrected chi connectivity index (χ2v) is 13.3. The number of H-pyrrole nitrogens is 1. The zero-order valence-corrected chi connectivity index (χ0v) is 23.9. The van der Waals surface area contributed by atoms with Gasteiger partial charge >= 0.3 is 0 Å². The number of carbonyl (C=O) groups excluding carboxylic acids is 1. The Morgan fingerprint density at radius 2 is 1.82 bits per heavy atom. The number of morpholine rings is 1. The third-order valence-electron chi connectivity index (χ3n) is 8.78. The lowest BCUT2D eigenvalue weighted by molar-refractivity contribution is -0.146.